The molecule has 2 aromatic heterocycles. The molecule has 1 aliphatic heterocycles. The molecule has 0 saturated carbocycles. The van der Waals surface area contributed by atoms with Gasteiger partial charge in [0.25, 0.3) is 10.0 Å². The van der Waals surface area contributed by atoms with E-state index in [1.54, 1.807) is 42.6 Å². The molecule has 0 spiro atoms. The molecule has 0 aliphatic carbocycles. The first-order chi connectivity index (χ1) is 16.8. The predicted molar refractivity (Wildman–Crippen MR) is 134 cm³/mol. The minimum absolute atomic E-state index is 0.174. The normalized spacial score (nSPS) is 16.1. The van der Waals surface area contributed by atoms with Gasteiger partial charge in [0.15, 0.2) is 5.65 Å². The van der Waals surface area contributed by atoms with Gasteiger partial charge >= 0.3 is 0 Å². The fourth-order valence-corrected chi connectivity index (χ4v) is 5.89. The smallest absolute Gasteiger partial charge is 0.269 e. The van der Waals surface area contributed by atoms with E-state index in [2.05, 4.69) is 28.2 Å². The third-order valence-corrected chi connectivity index (χ3v) is 8.27. The number of carbonyl (C=O) groups is 1. The molecule has 1 atom stereocenters. The summed E-state index contributed by atoms with van der Waals surface area (Å²) in [6.45, 7) is 3.81. The molecule has 0 bridgehead atoms. The number of anilines is 1. The molecule has 1 saturated heterocycles. The monoisotopic (exact) mass is 494 g/mol. The highest BCUT2D eigenvalue weighted by Crippen LogP contribution is 2.32. The summed E-state index contributed by atoms with van der Waals surface area (Å²) in [4.78, 5) is 18.4. The van der Waals surface area contributed by atoms with Crippen molar-refractivity contribution >= 4 is 32.7 Å². The highest BCUT2D eigenvalue weighted by Gasteiger charge is 2.26. The number of fused-ring (bicyclic) bond motifs is 1. The van der Waals surface area contributed by atoms with Gasteiger partial charge in [-0.25, -0.2) is 17.4 Å². The van der Waals surface area contributed by atoms with Crippen molar-refractivity contribution in [2.24, 2.45) is 5.73 Å². The first-order valence-electron chi connectivity index (χ1n) is 11.8. The summed E-state index contributed by atoms with van der Waals surface area (Å²) in [6, 6.07) is 12.6. The zero-order valence-electron chi connectivity index (χ0n) is 19.7. The number of hydrogen-bond donors (Lipinski definition) is 2. The first kappa shape index (κ1) is 24.7. The molecule has 4 rings (SSSR count). The molecule has 1 aliphatic rings. The lowest BCUT2D eigenvalue weighted by atomic mass is 10.0. The number of nitriles is 1. The van der Waals surface area contributed by atoms with Crippen LogP contribution in [0.25, 0.3) is 11.0 Å². The lowest BCUT2D eigenvalue weighted by Crippen LogP contribution is -2.43. The van der Waals surface area contributed by atoms with Gasteiger partial charge in [0.2, 0.25) is 5.91 Å². The van der Waals surface area contributed by atoms with Gasteiger partial charge in [0.05, 0.1) is 23.1 Å². The van der Waals surface area contributed by atoms with E-state index >= 15 is 0 Å². The standard InChI is InChI=1S/C25H30N6O3S/c1-18(9-13-26)30-14-10-20(11-15-30)29-24-19(7-8-23(27)32)17-28-25-22(24)12-16-31(25)35(33,34)21-5-3-2-4-6-21/h2-6,12,16-18,20H,7-11,14-15H2,1H3,(H2,27,32)(H,28,29). The van der Waals surface area contributed by atoms with Crippen molar-refractivity contribution < 1.29 is 13.2 Å². The number of pyridine rings is 1. The van der Waals surface area contributed by atoms with Gasteiger partial charge in [-0.1, -0.05) is 18.2 Å². The molecule has 1 unspecified atom stereocenters. The van der Waals surface area contributed by atoms with Gasteiger partial charge < -0.3 is 11.1 Å². The van der Waals surface area contributed by atoms with Crippen LogP contribution in [0.1, 0.15) is 38.2 Å². The van der Waals surface area contributed by atoms with Crippen LogP contribution in [0.2, 0.25) is 0 Å². The van der Waals surface area contributed by atoms with E-state index in [9.17, 15) is 13.2 Å². The average molecular weight is 495 g/mol. The Kier molecular flexibility index (Phi) is 7.38. The number of nitrogens with zero attached hydrogens (tertiary/aromatic N) is 4. The third-order valence-electron chi connectivity index (χ3n) is 6.59. The quantitative estimate of drug-likeness (QED) is 0.467. The van der Waals surface area contributed by atoms with Crippen molar-refractivity contribution in [3.63, 3.8) is 0 Å². The van der Waals surface area contributed by atoms with Crippen LogP contribution in [0.5, 0.6) is 0 Å². The molecule has 9 nitrogen and oxygen atoms in total. The number of likely N-dealkylation sites (tertiary alicyclic amines) is 1. The fourth-order valence-electron chi connectivity index (χ4n) is 4.57. The van der Waals surface area contributed by atoms with Crippen molar-refractivity contribution in [1.82, 2.24) is 13.9 Å². The molecule has 1 amide bonds. The van der Waals surface area contributed by atoms with E-state index in [4.69, 9.17) is 11.0 Å². The van der Waals surface area contributed by atoms with Crippen LogP contribution in [-0.2, 0) is 21.2 Å². The number of nitrogens with two attached hydrogens (primary N) is 1. The van der Waals surface area contributed by atoms with Crippen LogP contribution >= 0.6 is 0 Å². The van der Waals surface area contributed by atoms with Crippen LogP contribution in [0.15, 0.2) is 53.7 Å². The second-order valence-electron chi connectivity index (χ2n) is 8.96. The van der Waals surface area contributed by atoms with E-state index < -0.39 is 15.9 Å². The Labute approximate surface area is 205 Å². The van der Waals surface area contributed by atoms with Crippen molar-refractivity contribution in [3.05, 3.63) is 54.4 Å². The summed E-state index contributed by atoms with van der Waals surface area (Å²) in [5.41, 5.74) is 7.34. The SMILES string of the molecule is CC(CC#N)N1CCC(Nc2c(CCC(N)=O)cnc3c2ccn3S(=O)(=O)c2ccccc2)CC1. The minimum atomic E-state index is -3.81. The van der Waals surface area contributed by atoms with Crippen molar-refractivity contribution in [2.75, 3.05) is 18.4 Å². The summed E-state index contributed by atoms with van der Waals surface area (Å²) < 4.78 is 27.8. The number of primary amides is 1. The van der Waals surface area contributed by atoms with Gasteiger partial charge in [-0.3, -0.25) is 9.69 Å². The van der Waals surface area contributed by atoms with Gasteiger partial charge in [0.1, 0.15) is 0 Å². The average Bonchev–Trinajstić information content (AvgIpc) is 3.30. The molecule has 10 heteroatoms. The number of amides is 1. The molecular weight excluding hydrogens is 464 g/mol. The number of piperidine rings is 1. The number of rotatable bonds is 9. The number of hydrogen-bond acceptors (Lipinski definition) is 7. The molecule has 1 fully saturated rings. The van der Waals surface area contributed by atoms with Crippen LogP contribution in [0, 0.1) is 11.3 Å². The molecule has 0 radical (unpaired) electrons. The Morgan fingerprint density at radius 2 is 1.97 bits per heavy atom. The molecular formula is C25H30N6O3S. The maximum atomic E-state index is 13.3. The third kappa shape index (κ3) is 5.31. The Morgan fingerprint density at radius 3 is 2.63 bits per heavy atom. The number of aryl methyl sites for hydroxylation is 1. The molecule has 1 aromatic carbocycles. The van der Waals surface area contributed by atoms with Crippen molar-refractivity contribution in [2.45, 2.75) is 56.0 Å². The first-order valence-corrected chi connectivity index (χ1v) is 13.2. The number of benzene rings is 1. The van der Waals surface area contributed by atoms with E-state index in [0.29, 0.717) is 23.9 Å². The van der Waals surface area contributed by atoms with Gasteiger partial charge in [-0.15, -0.1) is 0 Å². The van der Waals surface area contributed by atoms with E-state index in [1.807, 2.05) is 0 Å². The zero-order valence-corrected chi connectivity index (χ0v) is 20.5. The summed E-state index contributed by atoms with van der Waals surface area (Å²) in [6.07, 6.45) is 6.02. The fraction of sp³-hybridized carbons (Fsp3) is 0.400. The summed E-state index contributed by atoms with van der Waals surface area (Å²) in [7, 11) is -3.81. The molecule has 184 valence electrons. The molecule has 3 N–H and O–H groups in total. The summed E-state index contributed by atoms with van der Waals surface area (Å²) >= 11 is 0. The largest absolute Gasteiger partial charge is 0.381 e. The maximum Gasteiger partial charge on any atom is 0.269 e. The number of aromatic nitrogens is 2. The van der Waals surface area contributed by atoms with E-state index in [-0.39, 0.29) is 23.4 Å². The highest BCUT2D eigenvalue weighted by atomic mass is 32.2. The predicted octanol–water partition coefficient (Wildman–Crippen LogP) is 2.87. The Balaban J connectivity index is 1.66. The van der Waals surface area contributed by atoms with Crippen molar-refractivity contribution in [3.8, 4) is 6.07 Å². The lowest BCUT2D eigenvalue weighted by molar-refractivity contribution is -0.117. The molecule has 3 aromatic rings. The lowest BCUT2D eigenvalue weighted by Gasteiger charge is -2.36. The Hall–Kier alpha value is -3.42. The Morgan fingerprint density at radius 1 is 1.26 bits per heavy atom. The van der Waals surface area contributed by atoms with Gasteiger partial charge in [0, 0.05) is 49.4 Å². The topological polar surface area (TPSA) is 134 Å². The molecule has 3 heterocycles. The van der Waals surface area contributed by atoms with Crippen LogP contribution < -0.4 is 11.1 Å². The van der Waals surface area contributed by atoms with Crippen LogP contribution in [-0.4, -0.2) is 53.4 Å². The maximum absolute atomic E-state index is 13.3. The van der Waals surface area contributed by atoms with Crippen LogP contribution in [0.4, 0.5) is 5.69 Å². The van der Waals surface area contributed by atoms with Crippen LogP contribution in [0.3, 0.4) is 0 Å². The van der Waals surface area contributed by atoms with Crippen molar-refractivity contribution in [1.29, 1.82) is 5.26 Å². The number of nitrogens with one attached hydrogen (secondary N) is 1. The van der Waals surface area contributed by atoms with E-state index in [1.165, 1.54) is 10.2 Å². The number of carbonyl (C=O) groups excluding carboxylic acids is 1. The Bertz CT molecular complexity index is 1340. The summed E-state index contributed by atoms with van der Waals surface area (Å²) in [5, 5.41) is 13.3. The summed E-state index contributed by atoms with van der Waals surface area (Å²) in [5.74, 6) is -0.403. The van der Waals surface area contributed by atoms with Gasteiger partial charge in [-0.05, 0) is 49.9 Å². The van der Waals surface area contributed by atoms with Gasteiger partial charge in [-0.2, -0.15) is 5.26 Å². The molecule has 35 heavy (non-hydrogen) atoms. The zero-order chi connectivity index (χ0) is 25.0. The minimum Gasteiger partial charge on any atom is -0.381 e. The highest BCUT2D eigenvalue weighted by molar-refractivity contribution is 7.90. The second kappa shape index (κ2) is 10.5. The van der Waals surface area contributed by atoms with E-state index in [0.717, 1.165) is 37.2 Å². The second-order valence-corrected chi connectivity index (χ2v) is 10.8.